The number of nitrogens with one attached hydrogen (secondary N) is 2. The summed E-state index contributed by atoms with van der Waals surface area (Å²) in [7, 11) is 0. The Morgan fingerprint density at radius 1 is 1.30 bits per heavy atom. The molecule has 1 aliphatic heterocycles. The average Bonchev–Trinajstić information content (AvgIpc) is 3.25. The zero-order valence-corrected chi connectivity index (χ0v) is 12.9. The van der Waals surface area contributed by atoms with Crippen LogP contribution < -0.4 is 5.32 Å². The van der Waals surface area contributed by atoms with Crippen molar-refractivity contribution in [1.29, 1.82) is 0 Å². The molecule has 1 unspecified atom stereocenters. The Labute approximate surface area is 135 Å². The smallest absolute Gasteiger partial charge is 0.127 e. The minimum absolute atomic E-state index is 0.0163. The van der Waals surface area contributed by atoms with Gasteiger partial charge in [-0.05, 0) is 24.5 Å². The minimum Gasteiger partial charge on any atom is -0.347 e. The van der Waals surface area contributed by atoms with Gasteiger partial charge in [-0.2, -0.15) is 0 Å². The zero-order valence-electron chi connectivity index (χ0n) is 12.9. The largest absolute Gasteiger partial charge is 0.347 e. The summed E-state index contributed by atoms with van der Waals surface area (Å²) < 4.78 is 2.28. The molecule has 118 valence electrons. The van der Waals surface area contributed by atoms with Crippen molar-refractivity contribution in [3.63, 3.8) is 0 Å². The Bertz CT molecular complexity index is 723. The highest BCUT2D eigenvalue weighted by Gasteiger charge is 2.18. The monoisotopic (exact) mass is 308 g/mol. The van der Waals surface area contributed by atoms with E-state index in [1.807, 2.05) is 18.5 Å². The highest BCUT2D eigenvalue weighted by atomic mass is 15.1. The molecule has 1 atom stereocenters. The first-order valence-corrected chi connectivity index (χ1v) is 8.07. The number of rotatable bonds is 5. The molecule has 23 heavy (non-hydrogen) atoms. The molecule has 1 aliphatic rings. The van der Waals surface area contributed by atoms with Crippen molar-refractivity contribution in [2.45, 2.75) is 38.4 Å². The van der Waals surface area contributed by atoms with Gasteiger partial charge in [-0.15, -0.1) is 0 Å². The molecule has 0 amide bonds. The summed E-state index contributed by atoms with van der Waals surface area (Å²) >= 11 is 0. The molecule has 6 heteroatoms. The van der Waals surface area contributed by atoms with Crippen LogP contribution in [0.1, 0.15) is 41.8 Å². The fourth-order valence-corrected chi connectivity index (χ4v) is 3.12. The van der Waals surface area contributed by atoms with Gasteiger partial charge in [0.2, 0.25) is 0 Å². The van der Waals surface area contributed by atoms with Gasteiger partial charge in [0.1, 0.15) is 11.6 Å². The zero-order chi connectivity index (χ0) is 15.5. The number of aryl methyl sites for hydroxylation is 2. The molecule has 4 rings (SSSR count). The molecule has 0 saturated carbocycles. The summed E-state index contributed by atoms with van der Waals surface area (Å²) in [4.78, 5) is 16.6. The van der Waals surface area contributed by atoms with Crippen LogP contribution in [0.25, 0.3) is 0 Å². The van der Waals surface area contributed by atoms with Gasteiger partial charge in [-0.25, -0.2) is 9.97 Å². The molecule has 0 radical (unpaired) electrons. The molecule has 4 heterocycles. The average molecular weight is 308 g/mol. The molecule has 3 aromatic rings. The lowest BCUT2D eigenvalue weighted by Crippen LogP contribution is -2.23. The van der Waals surface area contributed by atoms with E-state index in [9.17, 15) is 0 Å². The van der Waals surface area contributed by atoms with Gasteiger partial charge < -0.3 is 9.55 Å². The van der Waals surface area contributed by atoms with Crippen molar-refractivity contribution < 1.29 is 0 Å². The Morgan fingerprint density at radius 2 is 2.30 bits per heavy atom. The van der Waals surface area contributed by atoms with E-state index in [1.165, 1.54) is 18.7 Å². The summed E-state index contributed by atoms with van der Waals surface area (Å²) in [6.07, 6.45) is 13.0. The summed E-state index contributed by atoms with van der Waals surface area (Å²) in [6.45, 7) is 1.80. The molecule has 2 N–H and O–H groups in total. The third-order valence-corrected chi connectivity index (χ3v) is 4.26. The fourth-order valence-electron chi connectivity index (χ4n) is 3.12. The highest BCUT2D eigenvalue weighted by molar-refractivity contribution is 5.21. The van der Waals surface area contributed by atoms with Crippen LogP contribution in [0.15, 0.2) is 43.1 Å². The quantitative estimate of drug-likeness (QED) is 0.758. The predicted octanol–water partition coefficient (Wildman–Crippen LogP) is 2.22. The molecule has 0 aliphatic carbocycles. The van der Waals surface area contributed by atoms with Gasteiger partial charge in [0.05, 0.1) is 11.7 Å². The topological polar surface area (TPSA) is 71.4 Å². The van der Waals surface area contributed by atoms with Gasteiger partial charge in [0.25, 0.3) is 0 Å². The Balaban J connectivity index is 1.53. The van der Waals surface area contributed by atoms with Crippen molar-refractivity contribution in [3.8, 4) is 0 Å². The van der Waals surface area contributed by atoms with E-state index >= 15 is 0 Å². The van der Waals surface area contributed by atoms with Gasteiger partial charge in [0, 0.05) is 50.5 Å². The van der Waals surface area contributed by atoms with Crippen molar-refractivity contribution >= 4 is 0 Å². The van der Waals surface area contributed by atoms with E-state index in [0.29, 0.717) is 6.54 Å². The molecular formula is C17H20N6. The van der Waals surface area contributed by atoms with Crippen LogP contribution in [-0.4, -0.2) is 24.5 Å². The summed E-state index contributed by atoms with van der Waals surface area (Å²) in [5, 5.41) is 3.55. The van der Waals surface area contributed by atoms with Crippen LogP contribution in [-0.2, 0) is 19.5 Å². The second-order valence-electron chi connectivity index (χ2n) is 5.87. The van der Waals surface area contributed by atoms with Crippen LogP contribution in [0.2, 0.25) is 0 Å². The number of hydrogen-bond acceptors (Lipinski definition) is 4. The number of imidazole rings is 2. The third-order valence-electron chi connectivity index (χ3n) is 4.26. The maximum absolute atomic E-state index is 4.75. The number of H-pyrrole nitrogens is 1. The van der Waals surface area contributed by atoms with Crippen LogP contribution in [0, 0.1) is 0 Å². The maximum atomic E-state index is 4.75. The number of nitrogens with zero attached hydrogens (tertiary/aromatic N) is 4. The fraction of sp³-hybridized carbons (Fsp3) is 0.353. The van der Waals surface area contributed by atoms with E-state index in [0.717, 1.165) is 30.0 Å². The minimum atomic E-state index is -0.0163. The first-order valence-electron chi connectivity index (χ1n) is 8.07. The van der Waals surface area contributed by atoms with Crippen LogP contribution in [0.4, 0.5) is 0 Å². The van der Waals surface area contributed by atoms with Crippen LogP contribution in [0.3, 0.4) is 0 Å². The van der Waals surface area contributed by atoms with Crippen molar-refractivity contribution in [1.82, 2.24) is 29.8 Å². The van der Waals surface area contributed by atoms with E-state index in [2.05, 4.69) is 37.1 Å². The number of pyridine rings is 1. The van der Waals surface area contributed by atoms with Crippen molar-refractivity contribution in [3.05, 3.63) is 66.0 Å². The Hall–Kier alpha value is -2.47. The standard InChI is InChI=1S/C17H20N6/c1-2-9-23-12-14(22-15(23)5-1)11-21-16(17-19-7-8-20-17)13-4-3-6-18-10-13/h3-4,6-8,10,12,16,21H,1-2,5,9,11H2,(H,19,20). The highest BCUT2D eigenvalue weighted by Crippen LogP contribution is 2.19. The normalized spacial score (nSPS) is 15.3. The number of fused-ring (bicyclic) bond motifs is 1. The molecule has 0 aromatic carbocycles. The lowest BCUT2D eigenvalue weighted by Gasteiger charge is -2.16. The van der Waals surface area contributed by atoms with Gasteiger partial charge in [-0.3, -0.25) is 10.3 Å². The van der Waals surface area contributed by atoms with Gasteiger partial charge in [0.15, 0.2) is 0 Å². The molecule has 3 aromatic heterocycles. The van der Waals surface area contributed by atoms with Gasteiger partial charge >= 0.3 is 0 Å². The molecule has 6 nitrogen and oxygen atoms in total. The molecule has 0 saturated heterocycles. The summed E-state index contributed by atoms with van der Waals surface area (Å²) in [5.41, 5.74) is 2.17. The molecule has 0 bridgehead atoms. The Kier molecular flexibility index (Phi) is 3.90. The summed E-state index contributed by atoms with van der Waals surface area (Å²) in [5.74, 6) is 2.10. The first kappa shape index (κ1) is 14.1. The van der Waals surface area contributed by atoms with Crippen LogP contribution in [0.5, 0.6) is 0 Å². The predicted molar refractivity (Wildman–Crippen MR) is 86.7 cm³/mol. The second kappa shape index (κ2) is 6.34. The second-order valence-corrected chi connectivity index (χ2v) is 5.87. The van der Waals surface area contributed by atoms with Crippen molar-refractivity contribution in [2.24, 2.45) is 0 Å². The number of hydrogen-bond donors (Lipinski definition) is 2. The molecule has 0 spiro atoms. The maximum Gasteiger partial charge on any atom is 0.127 e. The van der Waals surface area contributed by atoms with E-state index < -0.39 is 0 Å². The van der Waals surface area contributed by atoms with E-state index in [-0.39, 0.29) is 6.04 Å². The van der Waals surface area contributed by atoms with E-state index in [1.54, 1.807) is 12.4 Å². The number of aromatic nitrogens is 5. The first-order chi connectivity index (χ1) is 11.4. The van der Waals surface area contributed by atoms with E-state index in [4.69, 9.17) is 4.98 Å². The SMILES string of the molecule is c1cncc(C(NCc2cn3c(n2)CCCC3)c2ncc[nH]2)c1. The van der Waals surface area contributed by atoms with Crippen LogP contribution >= 0.6 is 0 Å². The van der Waals surface area contributed by atoms with Crippen molar-refractivity contribution in [2.75, 3.05) is 0 Å². The lowest BCUT2D eigenvalue weighted by molar-refractivity contribution is 0.522. The number of aromatic amines is 1. The lowest BCUT2D eigenvalue weighted by atomic mass is 10.1. The molecular weight excluding hydrogens is 288 g/mol. The summed E-state index contributed by atoms with van der Waals surface area (Å²) in [6, 6.07) is 3.99. The van der Waals surface area contributed by atoms with Gasteiger partial charge in [-0.1, -0.05) is 6.07 Å². The Morgan fingerprint density at radius 3 is 3.09 bits per heavy atom. The third kappa shape index (κ3) is 3.03. The molecule has 0 fully saturated rings.